The molecular formula is C20H23N3O4S. The average Bonchev–Trinajstić information content (AvgIpc) is 2.98. The van der Waals surface area contributed by atoms with Gasteiger partial charge in [-0.1, -0.05) is 30.3 Å². The Labute approximate surface area is 166 Å². The maximum Gasteiger partial charge on any atom is 0.348 e. The number of aryl methyl sites for hydroxylation is 1. The van der Waals surface area contributed by atoms with Gasteiger partial charge >= 0.3 is 5.97 Å². The predicted octanol–water partition coefficient (Wildman–Crippen LogP) is 2.46. The van der Waals surface area contributed by atoms with Crippen molar-refractivity contribution in [2.24, 2.45) is 0 Å². The van der Waals surface area contributed by atoms with Crippen LogP contribution in [0.15, 0.2) is 35.1 Å². The zero-order chi connectivity index (χ0) is 20.3. The molecule has 1 atom stereocenters. The average molecular weight is 401 g/mol. The van der Waals surface area contributed by atoms with Crippen molar-refractivity contribution in [2.75, 3.05) is 13.7 Å². The summed E-state index contributed by atoms with van der Waals surface area (Å²) >= 11 is 1.16. The van der Waals surface area contributed by atoms with E-state index in [9.17, 15) is 14.7 Å². The third-order valence-corrected chi connectivity index (χ3v) is 5.53. The lowest BCUT2D eigenvalue weighted by Gasteiger charge is -2.23. The van der Waals surface area contributed by atoms with Crippen molar-refractivity contribution in [1.82, 2.24) is 14.9 Å². The number of aromatic amines is 1. The summed E-state index contributed by atoms with van der Waals surface area (Å²) < 4.78 is 4.79. The molecule has 1 unspecified atom stereocenters. The number of carbonyl (C=O) groups is 1. The van der Waals surface area contributed by atoms with E-state index in [4.69, 9.17) is 4.74 Å². The number of hydrogen-bond donors (Lipinski definition) is 2. The van der Waals surface area contributed by atoms with Gasteiger partial charge in [0.1, 0.15) is 15.5 Å². The lowest BCUT2D eigenvalue weighted by molar-refractivity contribution is 0.0605. The Morgan fingerprint density at radius 1 is 1.32 bits per heavy atom. The maximum atomic E-state index is 12.6. The van der Waals surface area contributed by atoms with Crippen LogP contribution >= 0.6 is 11.3 Å². The Bertz CT molecular complexity index is 1030. The van der Waals surface area contributed by atoms with E-state index in [0.29, 0.717) is 46.1 Å². The molecule has 0 spiro atoms. The van der Waals surface area contributed by atoms with Crippen molar-refractivity contribution >= 4 is 27.5 Å². The van der Waals surface area contributed by atoms with Gasteiger partial charge in [0.2, 0.25) is 0 Å². The largest absolute Gasteiger partial charge is 0.465 e. The first-order valence-corrected chi connectivity index (χ1v) is 9.75. The highest BCUT2D eigenvalue weighted by molar-refractivity contribution is 7.20. The number of aliphatic hydroxyl groups is 1. The van der Waals surface area contributed by atoms with E-state index in [1.54, 1.807) is 13.8 Å². The number of hydrogen-bond acceptors (Lipinski definition) is 7. The zero-order valence-electron chi connectivity index (χ0n) is 16.1. The third kappa shape index (κ3) is 4.46. The second-order valence-electron chi connectivity index (χ2n) is 6.74. The SMILES string of the molecule is COC(=O)c1sc2nc(CN(Cc3ccccc3)CC(C)O)[nH]c(=O)c2c1C. The second-order valence-corrected chi connectivity index (χ2v) is 7.74. The Kier molecular flexibility index (Phi) is 6.23. The first-order chi connectivity index (χ1) is 13.4. The molecule has 0 saturated heterocycles. The molecule has 1 aromatic carbocycles. The van der Waals surface area contributed by atoms with Crippen molar-refractivity contribution in [3.63, 3.8) is 0 Å². The van der Waals surface area contributed by atoms with Gasteiger partial charge in [0, 0.05) is 13.1 Å². The number of aliphatic hydroxyl groups excluding tert-OH is 1. The normalized spacial score (nSPS) is 12.5. The Balaban J connectivity index is 1.92. The molecule has 2 heterocycles. The number of thiophene rings is 1. The quantitative estimate of drug-likeness (QED) is 0.591. The monoisotopic (exact) mass is 401 g/mol. The summed E-state index contributed by atoms with van der Waals surface area (Å²) in [6.07, 6.45) is -0.519. The molecule has 2 aromatic heterocycles. The molecule has 28 heavy (non-hydrogen) atoms. The van der Waals surface area contributed by atoms with Gasteiger partial charge in [0.25, 0.3) is 5.56 Å². The number of methoxy groups -OCH3 is 1. The van der Waals surface area contributed by atoms with E-state index in [1.165, 1.54) is 7.11 Å². The molecule has 0 aliphatic heterocycles. The molecule has 148 valence electrons. The highest BCUT2D eigenvalue weighted by atomic mass is 32.1. The van der Waals surface area contributed by atoms with Gasteiger partial charge in [-0.15, -0.1) is 11.3 Å². The fourth-order valence-corrected chi connectivity index (χ4v) is 4.28. The van der Waals surface area contributed by atoms with E-state index in [0.717, 1.165) is 16.9 Å². The summed E-state index contributed by atoms with van der Waals surface area (Å²) in [5, 5.41) is 10.3. The summed E-state index contributed by atoms with van der Waals surface area (Å²) in [5.74, 6) is 0.0213. The highest BCUT2D eigenvalue weighted by Gasteiger charge is 2.20. The number of fused-ring (bicyclic) bond motifs is 1. The van der Waals surface area contributed by atoms with Gasteiger partial charge in [-0.25, -0.2) is 9.78 Å². The Morgan fingerprint density at radius 2 is 2.04 bits per heavy atom. The van der Waals surface area contributed by atoms with Crippen LogP contribution in [-0.2, 0) is 17.8 Å². The Morgan fingerprint density at radius 3 is 2.68 bits per heavy atom. The van der Waals surface area contributed by atoms with Gasteiger partial charge in [-0.05, 0) is 25.0 Å². The molecule has 7 nitrogen and oxygen atoms in total. The van der Waals surface area contributed by atoms with Gasteiger partial charge in [0.05, 0.1) is 25.1 Å². The molecule has 2 N–H and O–H groups in total. The van der Waals surface area contributed by atoms with Gasteiger partial charge in [-0.2, -0.15) is 0 Å². The number of nitrogens with one attached hydrogen (secondary N) is 1. The van der Waals surface area contributed by atoms with Crippen LogP contribution in [0.1, 0.15) is 33.5 Å². The standard InChI is InChI=1S/C20H23N3O4S/c1-12(24)9-23(10-14-7-5-4-6-8-14)11-15-21-18(25)16-13(2)17(20(26)27-3)28-19(16)22-15/h4-8,12,24H,9-11H2,1-3H3,(H,21,22,25). The summed E-state index contributed by atoms with van der Waals surface area (Å²) in [4.78, 5) is 34.8. The fourth-order valence-electron chi connectivity index (χ4n) is 3.16. The minimum absolute atomic E-state index is 0.277. The fraction of sp³-hybridized carbons (Fsp3) is 0.350. The van der Waals surface area contributed by atoms with Gasteiger partial charge < -0.3 is 14.8 Å². The van der Waals surface area contributed by atoms with Crippen LogP contribution in [0, 0.1) is 6.92 Å². The molecule has 0 amide bonds. The number of ether oxygens (including phenoxy) is 1. The summed E-state index contributed by atoms with van der Waals surface area (Å²) in [6, 6.07) is 9.91. The van der Waals surface area contributed by atoms with Crippen molar-refractivity contribution < 1.29 is 14.6 Å². The summed E-state index contributed by atoms with van der Waals surface area (Å²) in [6.45, 7) is 4.87. The van der Waals surface area contributed by atoms with E-state index in [2.05, 4.69) is 9.97 Å². The first-order valence-electron chi connectivity index (χ1n) is 8.94. The molecule has 0 saturated carbocycles. The van der Waals surface area contributed by atoms with Crippen LogP contribution in [0.25, 0.3) is 10.2 Å². The molecule has 0 aliphatic carbocycles. The zero-order valence-corrected chi connectivity index (χ0v) is 16.9. The number of aromatic nitrogens is 2. The molecule has 0 bridgehead atoms. The topological polar surface area (TPSA) is 95.5 Å². The lowest BCUT2D eigenvalue weighted by Crippen LogP contribution is -2.31. The number of carbonyl (C=O) groups excluding carboxylic acids is 1. The lowest BCUT2D eigenvalue weighted by atomic mass is 10.2. The van der Waals surface area contributed by atoms with Crippen molar-refractivity contribution in [3.05, 3.63) is 62.5 Å². The highest BCUT2D eigenvalue weighted by Crippen LogP contribution is 2.27. The molecule has 0 fully saturated rings. The van der Waals surface area contributed by atoms with Crippen LogP contribution in [-0.4, -0.2) is 45.7 Å². The summed E-state index contributed by atoms with van der Waals surface area (Å²) in [7, 11) is 1.31. The van der Waals surface area contributed by atoms with Crippen LogP contribution < -0.4 is 5.56 Å². The van der Waals surface area contributed by atoms with E-state index in [-0.39, 0.29) is 5.56 Å². The van der Waals surface area contributed by atoms with E-state index >= 15 is 0 Å². The van der Waals surface area contributed by atoms with Gasteiger partial charge in [-0.3, -0.25) is 9.69 Å². The van der Waals surface area contributed by atoms with Crippen molar-refractivity contribution in [2.45, 2.75) is 33.0 Å². The predicted molar refractivity (Wildman–Crippen MR) is 109 cm³/mol. The van der Waals surface area contributed by atoms with Crippen LogP contribution in [0.3, 0.4) is 0 Å². The first kappa shape index (κ1) is 20.2. The molecule has 3 rings (SSSR count). The van der Waals surface area contributed by atoms with Crippen molar-refractivity contribution in [3.8, 4) is 0 Å². The molecule has 0 aliphatic rings. The minimum atomic E-state index is -0.519. The summed E-state index contributed by atoms with van der Waals surface area (Å²) in [5.41, 5.74) is 1.41. The van der Waals surface area contributed by atoms with E-state index < -0.39 is 12.1 Å². The Hall–Kier alpha value is -2.55. The number of benzene rings is 1. The smallest absolute Gasteiger partial charge is 0.348 e. The third-order valence-electron chi connectivity index (χ3n) is 4.37. The maximum absolute atomic E-state index is 12.6. The molecular weight excluding hydrogens is 378 g/mol. The van der Waals surface area contributed by atoms with Crippen molar-refractivity contribution in [1.29, 1.82) is 0 Å². The molecule has 0 radical (unpaired) electrons. The second kappa shape index (κ2) is 8.64. The molecule has 8 heteroatoms. The van der Waals surface area contributed by atoms with E-state index in [1.807, 2.05) is 35.2 Å². The van der Waals surface area contributed by atoms with Gasteiger partial charge in [0.15, 0.2) is 0 Å². The minimum Gasteiger partial charge on any atom is -0.465 e. The van der Waals surface area contributed by atoms with Crippen LogP contribution in [0.5, 0.6) is 0 Å². The molecule has 3 aromatic rings. The van der Waals surface area contributed by atoms with Crippen LogP contribution in [0.4, 0.5) is 0 Å². The number of rotatable bonds is 7. The number of esters is 1. The number of H-pyrrole nitrogens is 1. The van der Waals surface area contributed by atoms with Crippen LogP contribution in [0.2, 0.25) is 0 Å². The number of nitrogens with zero attached hydrogens (tertiary/aromatic N) is 2.